The van der Waals surface area contributed by atoms with Crippen molar-refractivity contribution in [2.45, 2.75) is 25.3 Å². The third-order valence-corrected chi connectivity index (χ3v) is 4.76. The Morgan fingerprint density at radius 1 is 1.20 bits per heavy atom. The van der Waals surface area contributed by atoms with E-state index in [0.717, 1.165) is 37.3 Å². The van der Waals surface area contributed by atoms with Gasteiger partial charge in [-0.25, -0.2) is 9.78 Å². The van der Waals surface area contributed by atoms with Crippen LogP contribution in [0.3, 0.4) is 0 Å². The summed E-state index contributed by atoms with van der Waals surface area (Å²) in [5.41, 5.74) is 2.45. The van der Waals surface area contributed by atoms with Crippen LogP contribution in [0.25, 0.3) is 0 Å². The number of urea groups is 1. The Labute approximate surface area is 149 Å². The van der Waals surface area contributed by atoms with E-state index in [0.29, 0.717) is 12.5 Å². The van der Waals surface area contributed by atoms with Crippen LogP contribution in [0.2, 0.25) is 0 Å². The van der Waals surface area contributed by atoms with E-state index in [1.54, 1.807) is 6.20 Å². The van der Waals surface area contributed by atoms with E-state index < -0.39 is 0 Å². The number of rotatable bonds is 4. The molecule has 0 bridgehead atoms. The van der Waals surface area contributed by atoms with Gasteiger partial charge >= 0.3 is 6.03 Å². The number of carbonyl (C=O) groups is 1. The minimum Gasteiger partial charge on any atom is -0.363 e. The van der Waals surface area contributed by atoms with Gasteiger partial charge in [0.15, 0.2) is 0 Å². The molecule has 2 aromatic rings. The van der Waals surface area contributed by atoms with Gasteiger partial charge in [-0.05, 0) is 42.0 Å². The van der Waals surface area contributed by atoms with Crippen molar-refractivity contribution in [3.05, 3.63) is 59.8 Å². The van der Waals surface area contributed by atoms with E-state index in [9.17, 15) is 4.79 Å². The molecule has 0 saturated carbocycles. The maximum atomic E-state index is 12.4. The number of anilines is 1. The monoisotopic (exact) mass is 338 g/mol. The van der Waals surface area contributed by atoms with Gasteiger partial charge in [0.05, 0.1) is 0 Å². The van der Waals surface area contributed by atoms with Crippen molar-refractivity contribution in [1.29, 1.82) is 0 Å². The smallest absolute Gasteiger partial charge is 0.317 e. The van der Waals surface area contributed by atoms with Gasteiger partial charge < -0.3 is 15.1 Å². The molecule has 3 rings (SSSR count). The van der Waals surface area contributed by atoms with Gasteiger partial charge in [-0.2, -0.15) is 0 Å². The lowest BCUT2D eigenvalue weighted by atomic mass is 9.90. The number of benzene rings is 1. The molecule has 0 unspecified atom stereocenters. The molecule has 1 fully saturated rings. The zero-order valence-corrected chi connectivity index (χ0v) is 15.0. The number of pyridine rings is 1. The average molecular weight is 338 g/mol. The summed E-state index contributed by atoms with van der Waals surface area (Å²) in [6, 6.07) is 14.6. The first-order valence-corrected chi connectivity index (χ1v) is 8.83. The lowest BCUT2D eigenvalue weighted by Crippen LogP contribution is -2.43. The second-order valence-electron chi connectivity index (χ2n) is 6.75. The molecule has 0 atom stereocenters. The summed E-state index contributed by atoms with van der Waals surface area (Å²) >= 11 is 0. The van der Waals surface area contributed by atoms with Crippen LogP contribution in [-0.2, 0) is 6.54 Å². The quantitative estimate of drug-likeness (QED) is 0.931. The van der Waals surface area contributed by atoms with Crippen LogP contribution in [0.15, 0.2) is 48.7 Å². The molecule has 0 aliphatic carbocycles. The normalized spacial score (nSPS) is 15.0. The molecule has 5 nitrogen and oxygen atoms in total. The van der Waals surface area contributed by atoms with Crippen LogP contribution in [-0.4, -0.2) is 43.1 Å². The van der Waals surface area contributed by atoms with E-state index >= 15 is 0 Å². The number of carbonyl (C=O) groups excluding carboxylic acids is 1. The van der Waals surface area contributed by atoms with Gasteiger partial charge in [-0.1, -0.05) is 30.3 Å². The molecule has 1 aliphatic heterocycles. The number of hydrogen-bond acceptors (Lipinski definition) is 3. The zero-order chi connectivity index (χ0) is 17.6. The first kappa shape index (κ1) is 17.3. The molecule has 1 aromatic heterocycles. The first-order chi connectivity index (χ1) is 12.1. The molecule has 2 heterocycles. The standard InChI is InChI=1S/C20H26N4O/c1-23(2)19-14-16(8-11-21-19)15-22-20(25)24-12-9-18(10-13-24)17-6-4-3-5-7-17/h3-8,11,14,18H,9-10,12-13,15H2,1-2H3,(H,22,25). The molecule has 132 valence electrons. The highest BCUT2D eigenvalue weighted by Crippen LogP contribution is 2.27. The van der Waals surface area contributed by atoms with Crippen LogP contribution >= 0.6 is 0 Å². The fourth-order valence-electron chi connectivity index (χ4n) is 3.25. The first-order valence-electron chi connectivity index (χ1n) is 8.83. The molecular weight excluding hydrogens is 312 g/mol. The Bertz CT molecular complexity index is 694. The lowest BCUT2D eigenvalue weighted by molar-refractivity contribution is 0.181. The highest BCUT2D eigenvalue weighted by atomic mass is 16.2. The summed E-state index contributed by atoms with van der Waals surface area (Å²) in [6.07, 6.45) is 3.83. The van der Waals surface area contributed by atoms with Crippen molar-refractivity contribution < 1.29 is 4.79 Å². The van der Waals surface area contributed by atoms with Gasteiger partial charge in [-0.3, -0.25) is 0 Å². The van der Waals surface area contributed by atoms with E-state index in [2.05, 4.69) is 34.6 Å². The fraction of sp³-hybridized carbons (Fsp3) is 0.400. The molecule has 1 aliphatic rings. The molecule has 1 saturated heterocycles. The highest BCUT2D eigenvalue weighted by molar-refractivity contribution is 5.74. The van der Waals surface area contributed by atoms with E-state index in [-0.39, 0.29) is 6.03 Å². The van der Waals surface area contributed by atoms with Gasteiger partial charge in [0, 0.05) is 39.9 Å². The predicted molar refractivity (Wildman–Crippen MR) is 101 cm³/mol. The Hall–Kier alpha value is -2.56. The molecule has 1 aromatic carbocycles. The van der Waals surface area contributed by atoms with Gasteiger partial charge in [0.25, 0.3) is 0 Å². The van der Waals surface area contributed by atoms with Crippen LogP contribution < -0.4 is 10.2 Å². The number of nitrogens with one attached hydrogen (secondary N) is 1. The molecule has 25 heavy (non-hydrogen) atoms. The maximum Gasteiger partial charge on any atom is 0.317 e. The summed E-state index contributed by atoms with van der Waals surface area (Å²) < 4.78 is 0. The molecule has 2 amide bonds. The zero-order valence-electron chi connectivity index (χ0n) is 15.0. The molecular formula is C20H26N4O. The molecule has 0 radical (unpaired) electrons. The minimum atomic E-state index is 0.0229. The van der Waals surface area contributed by atoms with Crippen molar-refractivity contribution in [3.8, 4) is 0 Å². The van der Waals surface area contributed by atoms with Crippen LogP contribution in [0.5, 0.6) is 0 Å². The lowest BCUT2D eigenvalue weighted by Gasteiger charge is -2.32. The summed E-state index contributed by atoms with van der Waals surface area (Å²) in [4.78, 5) is 20.6. The van der Waals surface area contributed by atoms with Gasteiger partial charge in [0.2, 0.25) is 0 Å². The van der Waals surface area contributed by atoms with Crippen LogP contribution in [0.1, 0.15) is 29.9 Å². The van der Waals surface area contributed by atoms with Gasteiger partial charge in [0.1, 0.15) is 5.82 Å². The van der Waals surface area contributed by atoms with Crippen molar-refractivity contribution in [2.75, 3.05) is 32.1 Å². The largest absolute Gasteiger partial charge is 0.363 e. The van der Waals surface area contributed by atoms with Gasteiger partial charge in [-0.15, -0.1) is 0 Å². The summed E-state index contributed by atoms with van der Waals surface area (Å²) in [7, 11) is 3.92. The maximum absolute atomic E-state index is 12.4. The Kier molecular flexibility index (Phi) is 5.53. The van der Waals surface area contributed by atoms with E-state index in [4.69, 9.17) is 0 Å². The molecule has 0 spiro atoms. The highest BCUT2D eigenvalue weighted by Gasteiger charge is 2.23. The van der Waals surface area contributed by atoms with Crippen LogP contribution in [0, 0.1) is 0 Å². The van der Waals surface area contributed by atoms with Crippen LogP contribution in [0.4, 0.5) is 10.6 Å². The second-order valence-corrected chi connectivity index (χ2v) is 6.75. The Morgan fingerprint density at radius 2 is 1.92 bits per heavy atom. The number of aromatic nitrogens is 1. The third kappa shape index (κ3) is 4.50. The predicted octanol–water partition coefficient (Wildman–Crippen LogP) is 3.24. The summed E-state index contributed by atoms with van der Waals surface area (Å²) in [6.45, 7) is 2.15. The minimum absolute atomic E-state index is 0.0229. The number of piperidine rings is 1. The van der Waals surface area contributed by atoms with E-state index in [1.807, 2.05) is 42.1 Å². The van der Waals surface area contributed by atoms with Crippen molar-refractivity contribution in [1.82, 2.24) is 15.2 Å². The van der Waals surface area contributed by atoms with Crippen molar-refractivity contribution in [2.24, 2.45) is 0 Å². The van der Waals surface area contributed by atoms with Crippen molar-refractivity contribution >= 4 is 11.8 Å². The molecule has 1 N–H and O–H groups in total. The average Bonchev–Trinajstić information content (AvgIpc) is 2.67. The second kappa shape index (κ2) is 8.01. The topological polar surface area (TPSA) is 48.5 Å². The SMILES string of the molecule is CN(C)c1cc(CNC(=O)N2CCC(c3ccccc3)CC2)ccn1. The molecule has 5 heteroatoms. The summed E-state index contributed by atoms with van der Waals surface area (Å²) in [5.74, 6) is 1.46. The number of nitrogens with zero attached hydrogens (tertiary/aromatic N) is 3. The Balaban J connectivity index is 1.49. The fourth-order valence-corrected chi connectivity index (χ4v) is 3.25. The number of likely N-dealkylation sites (tertiary alicyclic amines) is 1. The Morgan fingerprint density at radius 3 is 2.60 bits per heavy atom. The third-order valence-electron chi connectivity index (χ3n) is 4.76. The summed E-state index contributed by atoms with van der Waals surface area (Å²) in [5, 5.41) is 3.03. The van der Waals surface area contributed by atoms with Crippen molar-refractivity contribution in [3.63, 3.8) is 0 Å². The van der Waals surface area contributed by atoms with E-state index in [1.165, 1.54) is 5.56 Å². The number of amides is 2. The number of hydrogen-bond donors (Lipinski definition) is 1.